The first-order valence-electron chi connectivity index (χ1n) is 7.42. The molecular weight excluding hydrogens is 364 g/mol. The van der Waals surface area contributed by atoms with Crippen LogP contribution in [0.15, 0.2) is 40.0 Å². The SMILES string of the molecule is CCOC(=O)Cn1c(=NC(=O)c2ccno2)sc2cc([N+](=O)[O-])ccc21. The Morgan fingerprint density at radius 2 is 2.23 bits per heavy atom. The second-order valence-electron chi connectivity index (χ2n) is 4.98. The number of carbonyl (C=O) groups excluding carboxylic acids is 2. The largest absolute Gasteiger partial charge is 0.465 e. The molecule has 0 saturated carbocycles. The number of rotatable bonds is 5. The number of hydrogen-bond acceptors (Lipinski definition) is 8. The monoisotopic (exact) mass is 376 g/mol. The van der Waals surface area contributed by atoms with Gasteiger partial charge in [0.1, 0.15) is 6.54 Å². The van der Waals surface area contributed by atoms with Gasteiger partial charge in [-0.25, -0.2) is 0 Å². The molecule has 0 atom stereocenters. The first-order valence-corrected chi connectivity index (χ1v) is 8.24. The van der Waals surface area contributed by atoms with Gasteiger partial charge in [-0.3, -0.25) is 19.7 Å². The first-order chi connectivity index (χ1) is 12.5. The van der Waals surface area contributed by atoms with E-state index in [1.807, 2.05) is 0 Å². The number of ether oxygens (including phenoxy) is 1. The lowest BCUT2D eigenvalue weighted by Crippen LogP contribution is -2.23. The molecule has 10 nitrogen and oxygen atoms in total. The van der Waals surface area contributed by atoms with E-state index < -0.39 is 16.8 Å². The average molecular weight is 376 g/mol. The van der Waals surface area contributed by atoms with Crippen LogP contribution in [0.5, 0.6) is 0 Å². The van der Waals surface area contributed by atoms with Crippen LogP contribution in [-0.4, -0.2) is 33.1 Å². The quantitative estimate of drug-likeness (QED) is 0.377. The molecule has 3 rings (SSSR count). The van der Waals surface area contributed by atoms with E-state index in [-0.39, 0.29) is 29.4 Å². The summed E-state index contributed by atoms with van der Waals surface area (Å²) in [7, 11) is 0. The van der Waals surface area contributed by atoms with Gasteiger partial charge in [0.15, 0.2) is 4.80 Å². The van der Waals surface area contributed by atoms with Crippen molar-refractivity contribution in [1.29, 1.82) is 0 Å². The van der Waals surface area contributed by atoms with Gasteiger partial charge in [0, 0.05) is 18.2 Å². The van der Waals surface area contributed by atoms with Crippen LogP contribution in [0, 0.1) is 10.1 Å². The third kappa shape index (κ3) is 3.52. The zero-order chi connectivity index (χ0) is 18.7. The Balaban J connectivity index is 2.14. The number of carbonyl (C=O) groups is 2. The number of benzene rings is 1. The van der Waals surface area contributed by atoms with Crippen molar-refractivity contribution in [2.24, 2.45) is 4.99 Å². The van der Waals surface area contributed by atoms with E-state index >= 15 is 0 Å². The number of nitrogens with zero attached hydrogens (tertiary/aromatic N) is 4. The van der Waals surface area contributed by atoms with Crippen LogP contribution < -0.4 is 4.80 Å². The summed E-state index contributed by atoms with van der Waals surface area (Å²) in [6, 6.07) is 5.54. The average Bonchev–Trinajstić information content (AvgIpc) is 3.23. The predicted octanol–water partition coefficient (Wildman–Crippen LogP) is 1.90. The summed E-state index contributed by atoms with van der Waals surface area (Å²) < 4.78 is 11.7. The van der Waals surface area contributed by atoms with Crippen LogP contribution in [0.1, 0.15) is 17.5 Å². The molecule has 0 bridgehead atoms. The van der Waals surface area contributed by atoms with Gasteiger partial charge >= 0.3 is 11.9 Å². The normalized spacial score (nSPS) is 11.7. The Morgan fingerprint density at radius 1 is 1.42 bits per heavy atom. The zero-order valence-electron chi connectivity index (χ0n) is 13.4. The molecule has 0 aliphatic heterocycles. The van der Waals surface area contributed by atoms with E-state index in [1.54, 1.807) is 6.92 Å². The minimum atomic E-state index is -0.679. The molecule has 0 aliphatic carbocycles. The van der Waals surface area contributed by atoms with Gasteiger partial charge in [-0.2, -0.15) is 4.99 Å². The summed E-state index contributed by atoms with van der Waals surface area (Å²) in [6.07, 6.45) is 1.31. The van der Waals surface area contributed by atoms with Gasteiger partial charge in [0.2, 0.25) is 5.76 Å². The number of fused-ring (bicyclic) bond motifs is 1. The fourth-order valence-electron chi connectivity index (χ4n) is 2.22. The second kappa shape index (κ2) is 7.27. The molecule has 0 spiro atoms. The van der Waals surface area contributed by atoms with Crippen molar-refractivity contribution in [3.8, 4) is 0 Å². The van der Waals surface area contributed by atoms with Crippen molar-refractivity contribution in [3.05, 3.63) is 51.1 Å². The van der Waals surface area contributed by atoms with E-state index in [0.717, 1.165) is 11.3 Å². The lowest BCUT2D eigenvalue weighted by Gasteiger charge is -2.04. The molecule has 1 aromatic carbocycles. The fraction of sp³-hybridized carbons (Fsp3) is 0.200. The molecule has 2 aromatic heterocycles. The maximum absolute atomic E-state index is 12.2. The minimum Gasteiger partial charge on any atom is -0.465 e. The number of esters is 1. The van der Waals surface area contributed by atoms with Crippen LogP contribution in [0.4, 0.5) is 5.69 Å². The van der Waals surface area contributed by atoms with Crippen LogP contribution in [0.3, 0.4) is 0 Å². The third-order valence-corrected chi connectivity index (χ3v) is 4.36. The molecule has 0 unspecified atom stereocenters. The highest BCUT2D eigenvalue weighted by Crippen LogP contribution is 2.23. The predicted molar refractivity (Wildman–Crippen MR) is 89.5 cm³/mol. The molecule has 11 heteroatoms. The van der Waals surface area contributed by atoms with E-state index in [0.29, 0.717) is 10.2 Å². The maximum Gasteiger partial charge on any atom is 0.326 e. The molecule has 26 heavy (non-hydrogen) atoms. The Morgan fingerprint density at radius 3 is 2.88 bits per heavy atom. The molecule has 0 aliphatic rings. The Labute approximate surface area is 149 Å². The van der Waals surface area contributed by atoms with Gasteiger partial charge < -0.3 is 13.8 Å². The number of nitro groups is 1. The molecule has 1 amide bonds. The van der Waals surface area contributed by atoms with Gasteiger partial charge in [0.25, 0.3) is 5.69 Å². The van der Waals surface area contributed by atoms with Gasteiger partial charge in [-0.15, -0.1) is 0 Å². The number of hydrogen-bond donors (Lipinski definition) is 0. The van der Waals surface area contributed by atoms with Crippen molar-refractivity contribution >= 4 is 39.1 Å². The second-order valence-corrected chi connectivity index (χ2v) is 5.99. The van der Waals surface area contributed by atoms with Crippen molar-refractivity contribution in [2.75, 3.05) is 6.61 Å². The van der Waals surface area contributed by atoms with E-state index in [1.165, 1.54) is 35.0 Å². The first kappa shape index (κ1) is 17.5. The van der Waals surface area contributed by atoms with Crippen molar-refractivity contribution < 1.29 is 23.8 Å². The Kier molecular flexibility index (Phi) is 4.89. The number of thiazole rings is 1. The molecule has 0 N–H and O–H groups in total. The fourth-order valence-corrected chi connectivity index (χ4v) is 3.28. The zero-order valence-corrected chi connectivity index (χ0v) is 14.3. The smallest absolute Gasteiger partial charge is 0.326 e. The van der Waals surface area contributed by atoms with Gasteiger partial charge in [-0.05, 0) is 13.0 Å². The molecular formula is C15H12N4O6S. The lowest BCUT2D eigenvalue weighted by atomic mass is 10.3. The standard InChI is InChI=1S/C15H12N4O6S/c1-2-24-13(20)8-18-10-4-3-9(19(22)23)7-12(10)26-15(18)17-14(21)11-5-6-16-25-11/h3-7H,2,8H2,1H3. The van der Waals surface area contributed by atoms with Crippen molar-refractivity contribution in [1.82, 2.24) is 9.72 Å². The van der Waals surface area contributed by atoms with E-state index in [4.69, 9.17) is 9.26 Å². The summed E-state index contributed by atoms with van der Waals surface area (Å²) in [4.78, 5) is 38.6. The molecule has 3 aromatic rings. The van der Waals surface area contributed by atoms with Gasteiger partial charge in [-0.1, -0.05) is 16.5 Å². The molecule has 0 fully saturated rings. The Hall–Kier alpha value is -3.34. The summed E-state index contributed by atoms with van der Waals surface area (Å²) in [5.74, 6) is -1.25. The molecule has 134 valence electrons. The van der Waals surface area contributed by atoms with Crippen molar-refractivity contribution in [2.45, 2.75) is 13.5 Å². The topological polar surface area (TPSA) is 130 Å². The summed E-state index contributed by atoms with van der Waals surface area (Å²) in [5.41, 5.74) is 0.424. The van der Waals surface area contributed by atoms with E-state index in [9.17, 15) is 19.7 Å². The Bertz CT molecular complexity index is 1050. The lowest BCUT2D eigenvalue weighted by molar-refractivity contribution is -0.384. The molecule has 2 heterocycles. The van der Waals surface area contributed by atoms with E-state index in [2.05, 4.69) is 10.1 Å². The number of aromatic nitrogens is 2. The van der Waals surface area contributed by atoms with Crippen molar-refractivity contribution in [3.63, 3.8) is 0 Å². The summed E-state index contributed by atoms with van der Waals surface area (Å²) in [5, 5.41) is 14.4. The number of amides is 1. The molecule has 0 saturated heterocycles. The highest BCUT2D eigenvalue weighted by atomic mass is 32.1. The van der Waals surface area contributed by atoms with Crippen LogP contribution in [0.25, 0.3) is 10.2 Å². The molecule has 0 radical (unpaired) electrons. The van der Waals surface area contributed by atoms with Gasteiger partial charge in [0.05, 0.1) is 27.9 Å². The number of non-ortho nitro benzene ring substituents is 1. The summed E-state index contributed by atoms with van der Waals surface area (Å²) >= 11 is 1.04. The third-order valence-electron chi connectivity index (χ3n) is 3.32. The van der Waals surface area contributed by atoms with Crippen LogP contribution >= 0.6 is 11.3 Å². The highest BCUT2D eigenvalue weighted by molar-refractivity contribution is 7.16. The highest BCUT2D eigenvalue weighted by Gasteiger charge is 2.16. The van der Waals surface area contributed by atoms with Crippen LogP contribution in [0.2, 0.25) is 0 Å². The summed E-state index contributed by atoms with van der Waals surface area (Å²) in [6.45, 7) is 1.70. The maximum atomic E-state index is 12.2. The number of nitro benzene ring substituents is 1. The minimum absolute atomic E-state index is 0.0591. The van der Waals surface area contributed by atoms with Crippen LogP contribution in [-0.2, 0) is 16.1 Å².